The number of piperidine rings is 1. The Kier molecular flexibility index (Phi) is 6.26. The number of nitrogens with one attached hydrogen (secondary N) is 1. The van der Waals surface area contributed by atoms with Crippen LogP contribution in [0.5, 0.6) is 5.75 Å². The summed E-state index contributed by atoms with van der Waals surface area (Å²) in [5.41, 5.74) is 0.436. The lowest BCUT2D eigenvalue weighted by atomic mass is 10.0. The highest BCUT2D eigenvalue weighted by Gasteiger charge is 2.24. The molecule has 6 heteroatoms. The van der Waals surface area contributed by atoms with Crippen LogP contribution in [0, 0.1) is 0 Å². The molecule has 0 bridgehead atoms. The molecule has 0 aromatic heterocycles. The third kappa shape index (κ3) is 5.16. The third-order valence-corrected chi connectivity index (χ3v) is 3.92. The number of nitrogens with zero attached hydrogens (tertiary/aromatic N) is 1. The van der Waals surface area contributed by atoms with Crippen molar-refractivity contribution in [2.75, 3.05) is 19.7 Å². The zero-order valence-corrected chi connectivity index (χ0v) is 13.5. The zero-order valence-electron chi connectivity index (χ0n) is 13.5. The van der Waals surface area contributed by atoms with Crippen LogP contribution in [-0.2, 0) is 4.74 Å². The SMILES string of the molecule is CCCCOC(=O)N1CCC(NC(=O)c2cccc(O)c2)CC1. The predicted molar refractivity (Wildman–Crippen MR) is 86.4 cm³/mol. The number of hydrogen-bond donors (Lipinski definition) is 2. The molecule has 0 spiro atoms. The monoisotopic (exact) mass is 320 g/mol. The first-order valence-corrected chi connectivity index (χ1v) is 8.11. The van der Waals surface area contributed by atoms with Gasteiger partial charge in [0, 0.05) is 24.7 Å². The second-order valence-corrected chi connectivity index (χ2v) is 5.75. The average molecular weight is 320 g/mol. The molecule has 6 nitrogen and oxygen atoms in total. The minimum atomic E-state index is -0.267. The van der Waals surface area contributed by atoms with Crippen LogP contribution in [0.2, 0.25) is 0 Å². The Morgan fingerprint density at radius 2 is 2.09 bits per heavy atom. The quantitative estimate of drug-likeness (QED) is 0.817. The largest absolute Gasteiger partial charge is 0.508 e. The number of benzene rings is 1. The summed E-state index contributed by atoms with van der Waals surface area (Å²) in [5.74, 6) is -0.132. The van der Waals surface area contributed by atoms with Crippen LogP contribution < -0.4 is 5.32 Å². The van der Waals surface area contributed by atoms with Crippen molar-refractivity contribution in [3.8, 4) is 5.75 Å². The van der Waals surface area contributed by atoms with Crippen LogP contribution in [0.4, 0.5) is 4.79 Å². The normalized spacial score (nSPS) is 15.3. The minimum Gasteiger partial charge on any atom is -0.508 e. The molecule has 1 aromatic rings. The summed E-state index contributed by atoms with van der Waals surface area (Å²) in [6.07, 6.45) is 3.01. The molecule has 2 rings (SSSR count). The van der Waals surface area contributed by atoms with E-state index in [0.29, 0.717) is 38.1 Å². The van der Waals surface area contributed by atoms with Gasteiger partial charge in [0.2, 0.25) is 0 Å². The molecule has 0 saturated carbocycles. The lowest BCUT2D eigenvalue weighted by Crippen LogP contribution is -2.46. The molecular formula is C17H24N2O4. The van der Waals surface area contributed by atoms with Crippen LogP contribution in [0.1, 0.15) is 43.0 Å². The van der Waals surface area contributed by atoms with Gasteiger partial charge in [-0.1, -0.05) is 19.4 Å². The number of ether oxygens (including phenoxy) is 1. The van der Waals surface area contributed by atoms with Gasteiger partial charge < -0.3 is 20.1 Å². The van der Waals surface area contributed by atoms with Crippen molar-refractivity contribution in [2.45, 2.75) is 38.6 Å². The summed E-state index contributed by atoms with van der Waals surface area (Å²) in [5, 5.41) is 12.4. The van der Waals surface area contributed by atoms with Crippen molar-refractivity contribution in [1.29, 1.82) is 0 Å². The Labute approximate surface area is 136 Å². The first-order chi connectivity index (χ1) is 11.1. The molecule has 0 unspecified atom stereocenters. The van der Waals surface area contributed by atoms with Crippen molar-refractivity contribution in [1.82, 2.24) is 10.2 Å². The minimum absolute atomic E-state index is 0.0320. The maximum atomic E-state index is 12.1. The third-order valence-electron chi connectivity index (χ3n) is 3.92. The van der Waals surface area contributed by atoms with E-state index in [1.807, 2.05) is 0 Å². The standard InChI is InChI=1S/C17H24N2O4/c1-2-3-11-23-17(22)19-9-7-14(8-10-19)18-16(21)13-5-4-6-15(20)12-13/h4-6,12,14,20H,2-3,7-11H2,1H3,(H,18,21). The Balaban J connectivity index is 1.76. The number of aromatic hydroxyl groups is 1. The van der Waals surface area contributed by atoms with E-state index in [9.17, 15) is 14.7 Å². The van der Waals surface area contributed by atoms with Gasteiger partial charge in [0.05, 0.1) is 6.61 Å². The number of carbonyl (C=O) groups excluding carboxylic acids is 2. The van der Waals surface area contributed by atoms with E-state index in [4.69, 9.17) is 4.74 Å². The molecule has 1 aliphatic rings. The summed E-state index contributed by atoms with van der Waals surface area (Å²) in [6, 6.07) is 6.30. The number of likely N-dealkylation sites (tertiary alicyclic amines) is 1. The van der Waals surface area contributed by atoms with Crippen LogP contribution in [0.25, 0.3) is 0 Å². The van der Waals surface area contributed by atoms with Gasteiger partial charge in [0.15, 0.2) is 0 Å². The highest BCUT2D eigenvalue weighted by Crippen LogP contribution is 2.14. The number of unbranched alkanes of at least 4 members (excludes halogenated alkanes) is 1. The topological polar surface area (TPSA) is 78.9 Å². The number of amides is 2. The Morgan fingerprint density at radius 3 is 2.74 bits per heavy atom. The van der Waals surface area contributed by atoms with Crippen LogP contribution in [-0.4, -0.2) is 47.7 Å². The van der Waals surface area contributed by atoms with Crippen LogP contribution in [0.15, 0.2) is 24.3 Å². The van der Waals surface area contributed by atoms with Gasteiger partial charge in [0.1, 0.15) is 5.75 Å². The van der Waals surface area contributed by atoms with Crippen molar-refractivity contribution in [3.05, 3.63) is 29.8 Å². The van der Waals surface area contributed by atoms with E-state index < -0.39 is 0 Å². The van der Waals surface area contributed by atoms with Gasteiger partial charge >= 0.3 is 6.09 Å². The van der Waals surface area contributed by atoms with E-state index in [0.717, 1.165) is 12.8 Å². The van der Waals surface area contributed by atoms with Gasteiger partial charge in [-0.05, 0) is 37.5 Å². The molecule has 2 N–H and O–H groups in total. The van der Waals surface area contributed by atoms with Crippen molar-refractivity contribution >= 4 is 12.0 Å². The highest BCUT2D eigenvalue weighted by atomic mass is 16.6. The molecule has 1 fully saturated rings. The smallest absolute Gasteiger partial charge is 0.409 e. The number of hydrogen-bond acceptors (Lipinski definition) is 4. The van der Waals surface area contributed by atoms with E-state index in [2.05, 4.69) is 12.2 Å². The fourth-order valence-electron chi connectivity index (χ4n) is 2.52. The maximum Gasteiger partial charge on any atom is 0.409 e. The summed E-state index contributed by atoms with van der Waals surface area (Å²) in [4.78, 5) is 25.7. The average Bonchev–Trinajstić information content (AvgIpc) is 2.55. The summed E-state index contributed by atoms with van der Waals surface area (Å²) in [7, 11) is 0. The fourth-order valence-corrected chi connectivity index (χ4v) is 2.52. The van der Waals surface area contributed by atoms with Gasteiger partial charge in [0.25, 0.3) is 5.91 Å². The van der Waals surface area contributed by atoms with Crippen molar-refractivity contribution < 1.29 is 19.4 Å². The summed E-state index contributed by atoms with van der Waals surface area (Å²) >= 11 is 0. The number of rotatable bonds is 5. The molecule has 0 aliphatic carbocycles. The van der Waals surface area contributed by atoms with E-state index in [1.54, 1.807) is 17.0 Å². The summed E-state index contributed by atoms with van der Waals surface area (Å²) in [6.45, 7) is 3.67. The zero-order chi connectivity index (χ0) is 16.7. The molecule has 1 saturated heterocycles. The lowest BCUT2D eigenvalue weighted by molar-refractivity contribution is 0.0836. The molecule has 1 aliphatic heterocycles. The first kappa shape index (κ1) is 17.1. The number of carbonyl (C=O) groups is 2. The molecule has 126 valence electrons. The second-order valence-electron chi connectivity index (χ2n) is 5.75. The van der Waals surface area contributed by atoms with Crippen LogP contribution in [0.3, 0.4) is 0 Å². The lowest BCUT2D eigenvalue weighted by Gasteiger charge is -2.31. The maximum absolute atomic E-state index is 12.1. The van der Waals surface area contributed by atoms with Crippen LogP contribution >= 0.6 is 0 Å². The molecule has 1 heterocycles. The highest BCUT2D eigenvalue weighted by molar-refractivity contribution is 5.94. The van der Waals surface area contributed by atoms with Crippen molar-refractivity contribution in [2.24, 2.45) is 0 Å². The molecule has 23 heavy (non-hydrogen) atoms. The van der Waals surface area contributed by atoms with Gasteiger partial charge in [-0.15, -0.1) is 0 Å². The van der Waals surface area contributed by atoms with Gasteiger partial charge in [-0.3, -0.25) is 4.79 Å². The van der Waals surface area contributed by atoms with E-state index in [1.165, 1.54) is 12.1 Å². The van der Waals surface area contributed by atoms with Gasteiger partial charge in [-0.2, -0.15) is 0 Å². The Morgan fingerprint density at radius 1 is 1.35 bits per heavy atom. The molecule has 2 amide bonds. The number of phenols is 1. The fraction of sp³-hybridized carbons (Fsp3) is 0.529. The molecule has 0 atom stereocenters. The molecule has 1 aromatic carbocycles. The first-order valence-electron chi connectivity index (χ1n) is 8.11. The Hall–Kier alpha value is -2.24. The summed E-state index contributed by atoms with van der Waals surface area (Å²) < 4.78 is 5.19. The molecule has 0 radical (unpaired) electrons. The van der Waals surface area contributed by atoms with E-state index >= 15 is 0 Å². The second kappa shape index (κ2) is 8.41. The predicted octanol–water partition coefficient (Wildman–Crippen LogP) is 2.52. The Bertz CT molecular complexity index is 539. The van der Waals surface area contributed by atoms with Crippen molar-refractivity contribution in [3.63, 3.8) is 0 Å². The number of phenolic OH excluding ortho intramolecular Hbond substituents is 1. The van der Waals surface area contributed by atoms with E-state index in [-0.39, 0.29) is 23.8 Å². The molecular weight excluding hydrogens is 296 g/mol. The van der Waals surface area contributed by atoms with Gasteiger partial charge in [-0.25, -0.2) is 4.79 Å².